The van der Waals surface area contributed by atoms with E-state index < -0.39 is 0 Å². The van der Waals surface area contributed by atoms with Gasteiger partial charge in [0.25, 0.3) is 0 Å². The minimum atomic E-state index is 0.229. The van der Waals surface area contributed by atoms with Crippen molar-refractivity contribution >= 4 is 17.9 Å². The maximum Gasteiger partial charge on any atom is 0.120 e. The van der Waals surface area contributed by atoms with Gasteiger partial charge in [0, 0.05) is 31.1 Å². The number of hydrogen-bond acceptors (Lipinski definition) is 3. The molecule has 19 heavy (non-hydrogen) atoms. The number of morpholine rings is 1. The molecule has 1 saturated heterocycles. The van der Waals surface area contributed by atoms with Crippen molar-refractivity contribution < 1.29 is 9.53 Å². The van der Waals surface area contributed by atoms with Crippen LogP contribution in [0, 0.1) is 0 Å². The number of carbonyl (C=O) groups is 1. The van der Waals surface area contributed by atoms with Crippen molar-refractivity contribution in [3.63, 3.8) is 0 Å². The highest BCUT2D eigenvalue weighted by atomic mass is 35.5. The molecule has 2 rings (SSSR count). The first-order chi connectivity index (χ1) is 9.20. The number of halogens is 1. The van der Waals surface area contributed by atoms with Gasteiger partial charge in [0.1, 0.15) is 6.29 Å². The molecular weight excluding hydrogens is 262 g/mol. The molecule has 0 saturated carbocycles. The maximum atomic E-state index is 10.6. The zero-order chi connectivity index (χ0) is 13.7. The molecule has 1 aromatic carbocycles. The van der Waals surface area contributed by atoms with E-state index in [0.29, 0.717) is 6.42 Å². The molecule has 0 N–H and O–H groups in total. The van der Waals surface area contributed by atoms with E-state index in [4.69, 9.17) is 16.3 Å². The first-order valence-electron chi connectivity index (χ1n) is 6.72. The minimum Gasteiger partial charge on any atom is -0.379 e. The molecule has 0 amide bonds. The number of carbonyl (C=O) groups excluding carboxylic acids is 1. The van der Waals surface area contributed by atoms with Gasteiger partial charge in [0.15, 0.2) is 0 Å². The first-order valence-corrected chi connectivity index (χ1v) is 7.10. The van der Waals surface area contributed by atoms with Crippen LogP contribution in [0.4, 0.5) is 0 Å². The first kappa shape index (κ1) is 14.5. The van der Waals surface area contributed by atoms with Crippen molar-refractivity contribution in [2.75, 3.05) is 26.3 Å². The molecule has 3 nitrogen and oxygen atoms in total. The van der Waals surface area contributed by atoms with Crippen molar-refractivity contribution in [3.05, 3.63) is 34.3 Å². The fourth-order valence-electron chi connectivity index (χ4n) is 2.28. The lowest BCUT2D eigenvalue weighted by Crippen LogP contribution is -2.35. The lowest BCUT2D eigenvalue weighted by atomic mass is 9.97. The quantitative estimate of drug-likeness (QED) is 0.777. The fraction of sp³-hybridized carbons (Fsp3) is 0.533. The lowest BCUT2D eigenvalue weighted by Gasteiger charge is -2.27. The molecule has 1 fully saturated rings. The Morgan fingerprint density at radius 1 is 1.42 bits per heavy atom. The standard InChI is InChI=1S/C15H20ClNO2/c1-12(4-7-18)13-2-3-14(15(16)10-13)11-17-5-8-19-9-6-17/h2-3,7,10,12H,4-6,8-9,11H2,1H3. The Kier molecular flexibility index (Phi) is 5.37. The molecule has 1 aliphatic heterocycles. The van der Waals surface area contributed by atoms with Gasteiger partial charge in [-0.05, 0) is 23.1 Å². The van der Waals surface area contributed by atoms with Crippen LogP contribution in [0.15, 0.2) is 18.2 Å². The van der Waals surface area contributed by atoms with Crippen LogP contribution in [0.3, 0.4) is 0 Å². The van der Waals surface area contributed by atoms with Gasteiger partial charge in [-0.25, -0.2) is 0 Å². The SMILES string of the molecule is CC(CC=O)c1ccc(CN2CCOCC2)c(Cl)c1. The monoisotopic (exact) mass is 281 g/mol. The summed E-state index contributed by atoms with van der Waals surface area (Å²) in [6.45, 7) is 6.42. The summed E-state index contributed by atoms with van der Waals surface area (Å²) in [4.78, 5) is 12.9. The van der Waals surface area contributed by atoms with Crippen LogP contribution in [0.5, 0.6) is 0 Å². The van der Waals surface area contributed by atoms with E-state index in [1.54, 1.807) is 0 Å². The highest BCUT2D eigenvalue weighted by Crippen LogP contribution is 2.25. The second-order valence-electron chi connectivity index (χ2n) is 5.04. The maximum absolute atomic E-state index is 10.6. The molecule has 0 bridgehead atoms. The zero-order valence-corrected chi connectivity index (χ0v) is 12.0. The van der Waals surface area contributed by atoms with Gasteiger partial charge in [0.05, 0.1) is 13.2 Å². The van der Waals surface area contributed by atoms with Gasteiger partial charge in [0.2, 0.25) is 0 Å². The number of aldehydes is 1. The Labute approximate surface area is 119 Å². The summed E-state index contributed by atoms with van der Waals surface area (Å²) in [5.74, 6) is 0.229. The smallest absolute Gasteiger partial charge is 0.120 e. The Morgan fingerprint density at radius 2 is 2.16 bits per heavy atom. The molecule has 0 aromatic heterocycles. The third-order valence-electron chi connectivity index (χ3n) is 3.59. The molecule has 0 aliphatic carbocycles. The van der Waals surface area contributed by atoms with Crippen molar-refractivity contribution in [2.45, 2.75) is 25.8 Å². The fourth-order valence-corrected chi connectivity index (χ4v) is 2.53. The Bertz CT molecular complexity index is 430. The molecule has 4 heteroatoms. The third kappa shape index (κ3) is 4.03. The van der Waals surface area contributed by atoms with Gasteiger partial charge in [-0.3, -0.25) is 4.90 Å². The summed E-state index contributed by atoms with van der Waals surface area (Å²) < 4.78 is 5.34. The molecule has 1 aromatic rings. The molecular formula is C15H20ClNO2. The normalized spacial score (nSPS) is 18.2. The zero-order valence-electron chi connectivity index (χ0n) is 11.3. The lowest BCUT2D eigenvalue weighted by molar-refractivity contribution is -0.108. The highest BCUT2D eigenvalue weighted by molar-refractivity contribution is 6.31. The van der Waals surface area contributed by atoms with Gasteiger partial charge in [-0.2, -0.15) is 0 Å². The summed E-state index contributed by atoms with van der Waals surface area (Å²) in [5, 5.41) is 0.793. The van der Waals surface area contributed by atoms with Crippen LogP contribution in [0.25, 0.3) is 0 Å². The summed E-state index contributed by atoms with van der Waals surface area (Å²) in [5.41, 5.74) is 2.27. The van der Waals surface area contributed by atoms with Crippen molar-refractivity contribution in [2.24, 2.45) is 0 Å². The molecule has 1 atom stereocenters. The predicted octanol–water partition coefficient (Wildman–Crippen LogP) is 2.86. The Morgan fingerprint density at radius 3 is 2.79 bits per heavy atom. The summed E-state index contributed by atoms with van der Waals surface area (Å²) in [6.07, 6.45) is 1.50. The number of nitrogens with zero attached hydrogens (tertiary/aromatic N) is 1. The number of hydrogen-bond donors (Lipinski definition) is 0. The minimum absolute atomic E-state index is 0.229. The average molecular weight is 282 g/mol. The van der Waals surface area contributed by atoms with Crippen molar-refractivity contribution in [3.8, 4) is 0 Å². The van der Waals surface area contributed by atoms with Crippen molar-refractivity contribution in [1.82, 2.24) is 4.90 Å². The second-order valence-corrected chi connectivity index (χ2v) is 5.45. The second kappa shape index (κ2) is 7.04. The summed E-state index contributed by atoms with van der Waals surface area (Å²) in [6, 6.07) is 6.15. The molecule has 0 spiro atoms. The molecule has 104 valence electrons. The van der Waals surface area contributed by atoms with E-state index in [2.05, 4.69) is 17.0 Å². The van der Waals surface area contributed by atoms with E-state index in [9.17, 15) is 4.79 Å². The third-order valence-corrected chi connectivity index (χ3v) is 3.95. The van der Waals surface area contributed by atoms with Crippen LogP contribution >= 0.6 is 11.6 Å². The molecule has 0 radical (unpaired) electrons. The van der Waals surface area contributed by atoms with E-state index >= 15 is 0 Å². The van der Waals surface area contributed by atoms with E-state index in [1.807, 2.05) is 13.0 Å². The number of benzene rings is 1. The van der Waals surface area contributed by atoms with Gasteiger partial charge in [-0.15, -0.1) is 0 Å². The molecule has 1 aliphatic rings. The molecule has 1 unspecified atom stereocenters. The van der Waals surface area contributed by atoms with E-state index in [-0.39, 0.29) is 5.92 Å². The van der Waals surface area contributed by atoms with E-state index in [1.165, 1.54) is 0 Å². The van der Waals surface area contributed by atoms with Crippen LogP contribution in [-0.2, 0) is 16.1 Å². The number of ether oxygens (including phenoxy) is 1. The van der Waals surface area contributed by atoms with E-state index in [0.717, 1.165) is 55.3 Å². The summed E-state index contributed by atoms with van der Waals surface area (Å²) >= 11 is 6.35. The topological polar surface area (TPSA) is 29.5 Å². The highest BCUT2D eigenvalue weighted by Gasteiger charge is 2.13. The van der Waals surface area contributed by atoms with Gasteiger partial charge in [-0.1, -0.05) is 30.7 Å². The Hall–Kier alpha value is -0.900. The number of rotatable bonds is 5. The summed E-state index contributed by atoms with van der Waals surface area (Å²) in [7, 11) is 0. The van der Waals surface area contributed by atoms with Crippen LogP contribution < -0.4 is 0 Å². The Balaban J connectivity index is 2.03. The van der Waals surface area contributed by atoms with Crippen LogP contribution in [0.1, 0.15) is 30.4 Å². The van der Waals surface area contributed by atoms with Crippen LogP contribution in [-0.4, -0.2) is 37.5 Å². The van der Waals surface area contributed by atoms with Gasteiger partial charge >= 0.3 is 0 Å². The van der Waals surface area contributed by atoms with Crippen molar-refractivity contribution in [1.29, 1.82) is 0 Å². The molecule has 1 heterocycles. The van der Waals surface area contributed by atoms with Gasteiger partial charge < -0.3 is 9.53 Å². The van der Waals surface area contributed by atoms with Crippen LogP contribution in [0.2, 0.25) is 5.02 Å². The average Bonchev–Trinajstić information content (AvgIpc) is 2.42. The predicted molar refractivity (Wildman–Crippen MR) is 76.6 cm³/mol. The largest absolute Gasteiger partial charge is 0.379 e.